The molecule has 0 aliphatic heterocycles. The van der Waals surface area contributed by atoms with E-state index in [1.807, 2.05) is 80.1 Å². The van der Waals surface area contributed by atoms with E-state index in [9.17, 15) is 9.59 Å². The second-order valence-corrected chi connectivity index (χ2v) is 10.8. The van der Waals surface area contributed by atoms with Crippen LogP contribution >= 0.6 is 0 Å². The van der Waals surface area contributed by atoms with Gasteiger partial charge in [0.1, 0.15) is 12.3 Å². The first kappa shape index (κ1) is 28.6. The molecular formula is C33H38N4O3. The molecule has 0 unspecified atom stereocenters. The van der Waals surface area contributed by atoms with Crippen molar-refractivity contribution < 1.29 is 14.3 Å². The van der Waals surface area contributed by atoms with Crippen LogP contribution in [0.15, 0.2) is 79.0 Å². The summed E-state index contributed by atoms with van der Waals surface area (Å²) >= 11 is 0. The molecule has 0 aliphatic rings. The van der Waals surface area contributed by atoms with E-state index in [1.165, 1.54) is 5.56 Å². The molecule has 0 bridgehead atoms. The second kappa shape index (κ2) is 12.6. The van der Waals surface area contributed by atoms with Crippen molar-refractivity contribution in [3.8, 4) is 22.7 Å². The van der Waals surface area contributed by atoms with Gasteiger partial charge in [0, 0.05) is 29.6 Å². The highest BCUT2D eigenvalue weighted by molar-refractivity contribution is 5.99. The molecule has 4 rings (SSSR count). The Balaban J connectivity index is 1.63. The number of nitrogens with zero attached hydrogens (tertiary/aromatic N) is 3. The van der Waals surface area contributed by atoms with E-state index in [-0.39, 0.29) is 24.3 Å². The lowest BCUT2D eigenvalue weighted by molar-refractivity contribution is -0.117. The van der Waals surface area contributed by atoms with Crippen molar-refractivity contribution in [1.29, 1.82) is 0 Å². The van der Waals surface area contributed by atoms with Crippen LogP contribution in [0.1, 0.15) is 55.1 Å². The fraction of sp³-hybridized carbons (Fsp3) is 0.303. The molecule has 3 aromatic carbocycles. The summed E-state index contributed by atoms with van der Waals surface area (Å²) in [6, 6.07) is 23.3. The molecule has 1 N–H and O–H groups in total. The Bertz CT molecular complexity index is 1440. The predicted octanol–water partition coefficient (Wildman–Crippen LogP) is 6.72. The molecule has 0 radical (unpaired) electrons. The fourth-order valence-corrected chi connectivity index (χ4v) is 4.46. The highest BCUT2D eigenvalue weighted by atomic mass is 16.5. The quantitative estimate of drug-likeness (QED) is 0.243. The summed E-state index contributed by atoms with van der Waals surface area (Å²) in [5, 5.41) is 2.97. The average molecular weight is 539 g/mol. The molecule has 0 saturated heterocycles. The number of anilines is 1. The minimum Gasteiger partial charge on any atom is -0.497 e. The summed E-state index contributed by atoms with van der Waals surface area (Å²) in [7, 11) is 1.63. The second-order valence-electron chi connectivity index (χ2n) is 10.8. The molecule has 0 fully saturated rings. The Hall–Kier alpha value is -4.39. The number of amides is 2. The van der Waals surface area contributed by atoms with Gasteiger partial charge in [-0.25, -0.2) is 4.98 Å². The molecule has 7 nitrogen and oxygen atoms in total. The Kier molecular flexibility index (Phi) is 9.04. The molecule has 4 aromatic rings. The molecule has 0 atom stereocenters. The van der Waals surface area contributed by atoms with E-state index in [1.54, 1.807) is 24.1 Å². The Morgan fingerprint density at radius 2 is 1.57 bits per heavy atom. The van der Waals surface area contributed by atoms with Gasteiger partial charge in [-0.2, -0.15) is 0 Å². The van der Waals surface area contributed by atoms with Gasteiger partial charge in [0.25, 0.3) is 5.91 Å². The number of aryl methyl sites for hydroxylation is 1. The number of benzene rings is 3. The summed E-state index contributed by atoms with van der Waals surface area (Å²) in [4.78, 5) is 33.1. The number of rotatable bonds is 10. The van der Waals surface area contributed by atoms with Crippen LogP contribution in [0.4, 0.5) is 5.95 Å². The van der Waals surface area contributed by atoms with Crippen LogP contribution in [0.3, 0.4) is 0 Å². The number of aromatic nitrogens is 2. The molecule has 2 amide bonds. The van der Waals surface area contributed by atoms with Crippen molar-refractivity contribution in [2.75, 3.05) is 25.5 Å². The molecule has 1 aromatic heterocycles. The van der Waals surface area contributed by atoms with E-state index >= 15 is 0 Å². The molecule has 40 heavy (non-hydrogen) atoms. The van der Waals surface area contributed by atoms with Crippen molar-refractivity contribution in [2.24, 2.45) is 5.92 Å². The van der Waals surface area contributed by atoms with Crippen LogP contribution < -0.4 is 10.1 Å². The lowest BCUT2D eigenvalue weighted by Gasteiger charge is -2.24. The molecule has 7 heteroatoms. The molecule has 1 heterocycles. The maximum absolute atomic E-state index is 13.4. The van der Waals surface area contributed by atoms with Gasteiger partial charge in [-0.3, -0.25) is 19.5 Å². The minimum atomic E-state index is -0.312. The summed E-state index contributed by atoms with van der Waals surface area (Å²) in [6.45, 7) is 10.7. The van der Waals surface area contributed by atoms with E-state index in [2.05, 4.69) is 31.3 Å². The highest BCUT2D eigenvalue weighted by Crippen LogP contribution is 2.27. The molecule has 208 valence electrons. The smallest absolute Gasteiger partial charge is 0.254 e. The van der Waals surface area contributed by atoms with Gasteiger partial charge >= 0.3 is 0 Å². The monoisotopic (exact) mass is 538 g/mol. The molecule has 0 aliphatic carbocycles. The van der Waals surface area contributed by atoms with Crippen LogP contribution in [-0.4, -0.2) is 46.5 Å². The van der Waals surface area contributed by atoms with Crippen molar-refractivity contribution in [1.82, 2.24) is 14.5 Å². The van der Waals surface area contributed by atoms with Crippen molar-refractivity contribution in [3.05, 3.63) is 95.7 Å². The zero-order valence-corrected chi connectivity index (χ0v) is 24.1. The third-order valence-electron chi connectivity index (χ3n) is 6.69. The lowest BCUT2D eigenvalue weighted by atomic mass is 10.0. The van der Waals surface area contributed by atoms with Crippen molar-refractivity contribution in [2.45, 2.75) is 40.5 Å². The first-order valence-corrected chi connectivity index (χ1v) is 13.6. The van der Waals surface area contributed by atoms with E-state index < -0.39 is 0 Å². The zero-order valence-electron chi connectivity index (χ0n) is 24.1. The molecule has 0 saturated carbocycles. The van der Waals surface area contributed by atoms with Gasteiger partial charge in [0.2, 0.25) is 11.9 Å². The summed E-state index contributed by atoms with van der Waals surface area (Å²) < 4.78 is 7.16. The first-order chi connectivity index (χ1) is 19.1. The SMILES string of the molecule is COc1ccc(-c2cn(-c3ccc(C(C)C)cc3)c(NC(=O)CN(CC(C)C)C(=O)c3ccc(C)cc3)n2)cc1. The van der Waals surface area contributed by atoms with Crippen molar-refractivity contribution >= 4 is 17.8 Å². The number of hydrogen-bond acceptors (Lipinski definition) is 4. The van der Waals surface area contributed by atoms with Gasteiger partial charge in [-0.15, -0.1) is 0 Å². The highest BCUT2D eigenvalue weighted by Gasteiger charge is 2.22. The fourth-order valence-electron chi connectivity index (χ4n) is 4.46. The first-order valence-electron chi connectivity index (χ1n) is 13.6. The molecule has 0 spiro atoms. The van der Waals surface area contributed by atoms with Crippen LogP contribution in [0.2, 0.25) is 0 Å². The van der Waals surface area contributed by atoms with Gasteiger partial charge in [0.05, 0.1) is 12.8 Å². The Morgan fingerprint density at radius 1 is 0.925 bits per heavy atom. The Morgan fingerprint density at radius 3 is 2.15 bits per heavy atom. The number of ether oxygens (including phenoxy) is 1. The summed E-state index contributed by atoms with van der Waals surface area (Å²) in [5.74, 6) is 1.27. The predicted molar refractivity (Wildman–Crippen MR) is 160 cm³/mol. The normalized spacial score (nSPS) is 11.1. The third-order valence-corrected chi connectivity index (χ3v) is 6.69. The zero-order chi connectivity index (χ0) is 28.8. The Labute approximate surface area is 236 Å². The number of carbonyl (C=O) groups excluding carboxylic acids is 2. The minimum absolute atomic E-state index is 0.0814. The van der Waals surface area contributed by atoms with Crippen LogP contribution in [0, 0.1) is 12.8 Å². The maximum Gasteiger partial charge on any atom is 0.254 e. The van der Waals surface area contributed by atoms with Crippen LogP contribution in [0.5, 0.6) is 5.75 Å². The number of hydrogen-bond donors (Lipinski definition) is 1. The van der Waals surface area contributed by atoms with E-state index in [4.69, 9.17) is 9.72 Å². The van der Waals surface area contributed by atoms with Crippen LogP contribution in [0.25, 0.3) is 16.9 Å². The standard InChI is InChI=1S/C33H38N4O3/c1-22(2)19-36(32(39)27-9-7-24(5)8-10-27)21-31(38)35-33-34-30(26-13-17-29(40-6)18-14-26)20-37(33)28-15-11-25(12-16-28)23(3)4/h7-18,20,22-23H,19,21H2,1-6H3,(H,34,35,38). The maximum atomic E-state index is 13.4. The van der Waals surface area contributed by atoms with E-state index in [0.29, 0.717) is 29.7 Å². The number of nitrogens with one attached hydrogen (secondary N) is 1. The lowest BCUT2D eigenvalue weighted by Crippen LogP contribution is -2.40. The number of imidazole rings is 1. The third kappa shape index (κ3) is 6.97. The van der Waals surface area contributed by atoms with Crippen LogP contribution in [-0.2, 0) is 4.79 Å². The van der Waals surface area contributed by atoms with Gasteiger partial charge in [0.15, 0.2) is 0 Å². The topological polar surface area (TPSA) is 76.5 Å². The number of methoxy groups -OCH3 is 1. The largest absolute Gasteiger partial charge is 0.497 e. The van der Waals surface area contributed by atoms with Gasteiger partial charge in [-0.1, -0.05) is 57.5 Å². The summed E-state index contributed by atoms with van der Waals surface area (Å²) in [5.41, 5.74) is 5.34. The van der Waals surface area contributed by atoms with Gasteiger partial charge < -0.3 is 9.64 Å². The summed E-state index contributed by atoms with van der Waals surface area (Å²) in [6.07, 6.45) is 1.91. The van der Waals surface area contributed by atoms with E-state index in [0.717, 1.165) is 22.6 Å². The number of carbonyl (C=O) groups is 2. The average Bonchev–Trinajstić information content (AvgIpc) is 3.36. The molecular weight excluding hydrogens is 500 g/mol. The van der Waals surface area contributed by atoms with Crippen molar-refractivity contribution in [3.63, 3.8) is 0 Å². The van der Waals surface area contributed by atoms with Gasteiger partial charge in [-0.05, 0) is 72.9 Å².